The summed E-state index contributed by atoms with van der Waals surface area (Å²) in [5, 5.41) is 7.95. The predicted molar refractivity (Wildman–Crippen MR) is 83.7 cm³/mol. The van der Waals surface area contributed by atoms with E-state index in [1.54, 1.807) is 0 Å². The van der Waals surface area contributed by atoms with E-state index in [-0.39, 0.29) is 0 Å². The number of hydrogen-bond donors (Lipinski definition) is 1. The second kappa shape index (κ2) is 8.42. The van der Waals surface area contributed by atoms with Gasteiger partial charge in [0.2, 0.25) is 0 Å². The van der Waals surface area contributed by atoms with Gasteiger partial charge in [0.05, 0.1) is 5.69 Å². The molecule has 0 aliphatic carbocycles. The maximum Gasteiger partial charge on any atom is 0.0522 e. The number of rotatable bonds is 8. The summed E-state index contributed by atoms with van der Waals surface area (Å²) in [5.74, 6) is 0.718. The zero-order chi connectivity index (χ0) is 14.2. The first-order chi connectivity index (χ1) is 9.79. The summed E-state index contributed by atoms with van der Waals surface area (Å²) in [4.78, 5) is 2.62. The normalized spacial score (nSPS) is 18.3. The molecule has 1 saturated heterocycles. The summed E-state index contributed by atoms with van der Waals surface area (Å²) < 4.78 is 2.11. The molecule has 4 heteroatoms. The van der Waals surface area contributed by atoms with E-state index in [2.05, 4.69) is 39.9 Å². The Bertz CT molecular complexity index is 368. The summed E-state index contributed by atoms with van der Waals surface area (Å²) in [5.41, 5.74) is 1.30. The third-order valence-corrected chi connectivity index (χ3v) is 4.06. The Morgan fingerprint density at radius 1 is 1.30 bits per heavy atom. The number of nitrogens with one attached hydrogen (secondary N) is 1. The van der Waals surface area contributed by atoms with Gasteiger partial charge < -0.3 is 10.2 Å². The van der Waals surface area contributed by atoms with Gasteiger partial charge in [-0.15, -0.1) is 0 Å². The van der Waals surface area contributed by atoms with Crippen LogP contribution >= 0.6 is 0 Å². The van der Waals surface area contributed by atoms with Crippen molar-refractivity contribution in [3.05, 3.63) is 18.0 Å². The number of nitrogens with zero attached hydrogens (tertiary/aromatic N) is 3. The van der Waals surface area contributed by atoms with Gasteiger partial charge in [-0.2, -0.15) is 5.10 Å². The van der Waals surface area contributed by atoms with Crippen LogP contribution in [0.1, 0.15) is 45.2 Å². The molecule has 114 valence electrons. The Labute approximate surface area is 123 Å². The largest absolute Gasteiger partial charge is 0.311 e. The van der Waals surface area contributed by atoms with Crippen LogP contribution in [0.4, 0.5) is 0 Å². The summed E-state index contributed by atoms with van der Waals surface area (Å²) >= 11 is 0. The van der Waals surface area contributed by atoms with Crippen LogP contribution in [0.15, 0.2) is 12.3 Å². The van der Waals surface area contributed by atoms with E-state index in [0.717, 1.165) is 32.0 Å². The molecule has 20 heavy (non-hydrogen) atoms. The first-order valence-corrected chi connectivity index (χ1v) is 8.23. The van der Waals surface area contributed by atoms with Crippen LogP contribution in [0.2, 0.25) is 0 Å². The summed E-state index contributed by atoms with van der Waals surface area (Å²) in [6.45, 7) is 11.4. The minimum Gasteiger partial charge on any atom is -0.311 e. The van der Waals surface area contributed by atoms with Crippen LogP contribution < -0.4 is 5.32 Å². The fourth-order valence-electron chi connectivity index (χ4n) is 3.02. The molecule has 2 heterocycles. The lowest BCUT2D eigenvalue weighted by Gasteiger charge is -2.29. The minimum absolute atomic E-state index is 0.718. The molecule has 0 amide bonds. The van der Waals surface area contributed by atoms with Crippen molar-refractivity contribution in [2.24, 2.45) is 5.92 Å². The SMILES string of the molecule is CCCn1nccc1CNCC(C)CN1CCCCC1. The molecule has 1 N–H and O–H groups in total. The van der Waals surface area contributed by atoms with E-state index in [1.165, 1.54) is 44.6 Å². The molecule has 1 aliphatic heterocycles. The molecule has 2 rings (SSSR count). The lowest BCUT2D eigenvalue weighted by atomic mass is 10.1. The highest BCUT2D eigenvalue weighted by Gasteiger charge is 2.13. The summed E-state index contributed by atoms with van der Waals surface area (Å²) in [6.07, 6.45) is 7.24. The third-order valence-electron chi connectivity index (χ3n) is 4.06. The molecule has 1 fully saturated rings. The fraction of sp³-hybridized carbons (Fsp3) is 0.812. The van der Waals surface area contributed by atoms with E-state index in [0.29, 0.717) is 0 Å². The highest BCUT2D eigenvalue weighted by molar-refractivity contribution is 4.99. The second-order valence-electron chi connectivity index (χ2n) is 6.14. The molecule has 4 nitrogen and oxygen atoms in total. The second-order valence-corrected chi connectivity index (χ2v) is 6.14. The zero-order valence-electron chi connectivity index (χ0n) is 13.1. The van der Waals surface area contributed by atoms with E-state index in [1.807, 2.05) is 6.20 Å². The molecule has 1 aliphatic rings. The molecule has 1 atom stereocenters. The maximum absolute atomic E-state index is 4.37. The molecule has 0 spiro atoms. The quantitative estimate of drug-likeness (QED) is 0.793. The molecule has 1 aromatic heterocycles. The minimum atomic E-state index is 0.718. The third kappa shape index (κ3) is 4.91. The van der Waals surface area contributed by atoms with Gasteiger partial charge in [-0.25, -0.2) is 0 Å². The molecular weight excluding hydrogens is 248 g/mol. The van der Waals surface area contributed by atoms with Crippen molar-refractivity contribution < 1.29 is 0 Å². The number of aromatic nitrogens is 2. The lowest BCUT2D eigenvalue weighted by Crippen LogP contribution is -2.36. The Morgan fingerprint density at radius 2 is 2.10 bits per heavy atom. The zero-order valence-corrected chi connectivity index (χ0v) is 13.1. The van der Waals surface area contributed by atoms with Crippen molar-refractivity contribution in [1.29, 1.82) is 0 Å². The molecule has 0 radical (unpaired) electrons. The highest BCUT2D eigenvalue weighted by Crippen LogP contribution is 2.10. The van der Waals surface area contributed by atoms with Crippen molar-refractivity contribution in [3.8, 4) is 0 Å². The van der Waals surface area contributed by atoms with Crippen molar-refractivity contribution in [3.63, 3.8) is 0 Å². The first-order valence-electron chi connectivity index (χ1n) is 8.23. The molecule has 0 saturated carbocycles. The Morgan fingerprint density at radius 3 is 2.85 bits per heavy atom. The number of aryl methyl sites for hydroxylation is 1. The van der Waals surface area contributed by atoms with Crippen molar-refractivity contribution in [1.82, 2.24) is 20.0 Å². The van der Waals surface area contributed by atoms with Gasteiger partial charge in [0.25, 0.3) is 0 Å². The molecule has 0 aromatic carbocycles. The molecule has 1 unspecified atom stereocenters. The van der Waals surface area contributed by atoms with E-state index < -0.39 is 0 Å². The van der Waals surface area contributed by atoms with Crippen LogP contribution in [0.3, 0.4) is 0 Å². The fourth-order valence-corrected chi connectivity index (χ4v) is 3.02. The number of hydrogen-bond acceptors (Lipinski definition) is 3. The van der Waals surface area contributed by atoms with Gasteiger partial charge in [0.15, 0.2) is 0 Å². The van der Waals surface area contributed by atoms with Gasteiger partial charge in [0, 0.05) is 25.8 Å². The van der Waals surface area contributed by atoms with Crippen molar-refractivity contribution in [2.75, 3.05) is 26.2 Å². The molecule has 0 bridgehead atoms. The van der Waals surface area contributed by atoms with Crippen molar-refractivity contribution >= 4 is 0 Å². The van der Waals surface area contributed by atoms with Crippen LogP contribution in [0.5, 0.6) is 0 Å². The van der Waals surface area contributed by atoms with Crippen LogP contribution in [0, 0.1) is 5.92 Å². The van der Waals surface area contributed by atoms with Crippen LogP contribution in [0.25, 0.3) is 0 Å². The highest BCUT2D eigenvalue weighted by atomic mass is 15.3. The average Bonchev–Trinajstić information content (AvgIpc) is 2.88. The Hall–Kier alpha value is -0.870. The van der Waals surface area contributed by atoms with Crippen LogP contribution in [-0.4, -0.2) is 40.9 Å². The first kappa shape index (κ1) is 15.5. The Kier molecular flexibility index (Phi) is 6.54. The van der Waals surface area contributed by atoms with E-state index >= 15 is 0 Å². The number of piperidine rings is 1. The van der Waals surface area contributed by atoms with Gasteiger partial charge in [-0.3, -0.25) is 4.68 Å². The van der Waals surface area contributed by atoms with Gasteiger partial charge >= 0.3 is 0 Å². The molecule has 1 aromatic rings. The maximum atomic E-state index is 4.37. The monoisotopic (exact) mass is 278 g/mol. The smallest absolute Gasteiger partial charge is 0.0522 e. The standard InChI is InChI=1S/C16H30N4/c1-3-9-20-16(7-8-18-20)13-17-12-15(2)14-19-10-5-4-6-11-19/h7-8,15,17H,3-6,9-14H2,1-2H3. The van der Waals surface area contributed by atoms with E-state index in [9.17, 15) is 0 Å². The van der Waals surface area contributed by atoms with Gasteiger partial charge in [-0.05, 0) is 50.9 Å². The predicted octanol–water partition coefficient (Wildman–Crippen LogP) is 2.50. The summed E-state index contributed by atoms with van der Waals surface area (Å²) in [7, 11) is 0. The van der Waals surface area contributed by atoms with Crippen LogP contribution in [-0.2, 0) is 13.1 Å². The average molecular weight is 278 g/mol. The summed E-state index contributed by atoms with van der Waals surface area (Å²) in [6, 6.07) is 2.12. The number of likely N-dealkylation sites (tertiary alicyclic amines) is 1. The van der Waals surface area contributed by atoms with Crippen molar-refractivity contribution in [2.45, 2.75) is 52.6 Å². The molecular formula is C16H30N4. The lowest BCUT2D eigenvalue weighted by molar-refractivity contribution is 0.199. The van der Waals surface area contributed by atoms with E-state index in [4.69, 9.17) is 0 Å². The van der Waals surface area contributed by atoms with Gasteiger partial charge in [-0.1, -0.05) is 20.3 Å². The Balaban J connectivity index is 1.65. The topological polar surface area (TPSA) is 33.1 Å². The van der Waals surface area contributed by atoms with Gasteiger partial charge in [0.1, 0.15) is 0 Å².